The van der Waals surface area contributed by atoms with Crippen LogP contribution in [0.25, 0.3) is 0 Å². The van der Waals surface area contributed by atoms with Crippen molar-refractivity contribution >= 4 is 21.8 Å². The fourth-order valence-electron chi connectivity index (χ4n) is 1.62. The van der Waals surface area contributed by atoms with Gasteiger partial charge in [0.15, 0.2) is 0 Å². The molecule has 0 bridgehead atoms. The number of hydrogen-bond acceptors (Lipinski definition) is 2. The highest BCUT2D eigenvalue weighted by atomic mass is 79.9. The van der Waals surface area contributed by atoms with Gasteiger partial charge in [-0.2, -0.15) is 5.10 Å². The van der Waals surface area contributed by atoms with E-state index in [9.17, 15) is 4.79 Å². The molecule has 18 heavy (non-hydrogen) atoms. The van der Waals surface area contributed by atoms with Crippen molar-refractivity contribution in [2.75, 3.05) is 0 Å². The molecule has 0 spiro atoms. The lowest BCUT2D eigenvalue weighted by Gasteiger charge is -2.06. The van der Waals surface area contributed by atoms with Crippen molar-refractivity contribution in [3.63, 3.8) is 0 Å². The highest BCUT2D eigenvalue weighted by Crippen LogP contribution is 2.08. The van der Waals surface area contributed by atoms with Gasteiger partial charge in [0.2, 0.25) is 0 Å². The lowest BCUT2D eigenvalue weighted by atomic mass is 10.1. The molecule has 1 aromatic carbocycles. The number of hydrogen-bond donors (Lipinski definition) is 1. The monoisotopic (exact) mass is 307 g/mol. The Balaban J connectivity index is 1.95. The largest absolute Gasteiger partial charge is 0.347 e. The Morgan fingerprint density at radius 2 is 1.94 bits per heavy atom. The van der Waals surface area contributed by atoms with E-state index in [0.717, 1.165) is 10.9 Å². The van der Waals surface area contributed by atoms with Gasteiger partial charge in [0.1, 0.15) is 5.69 Å². The number of benzene rings is 1. The summed E-state index contributed by atoms with van der Waals surface area (Å²) < 4.78 is 1.56. The minimum Gasteiger partial charge on any atom is -0.347 e. The summed E-state index contributed by atoms with van der Waals surface area (Å²) in [6.07, 6.45) is 1.61. The van der Waals surface area contributed by atoms with E-state index in [1.54, 1.807) is 24.0 Å². The second-order valence-corrected chi connectivity index (χ2v) is 4.53. The van der Waals surface area contributed by atoms with Gasteiger partial charge in [-0.15, -0.1) is 0 Å². The van der Waals surface area contributed by atoms with E-state index in [-0.39, 0.29) is 5.91 Å². The molecule has 1 heterocycles. The zero-order chi connectivity index (χ0) is 13.0. The second kappa shape index (κ2) is 5.82. The predicted molar refractivity (Wildman–Crippen MR) is 73.5 cm³/mol. The summed E-state index contributed by atoms with van der Waals surface area (Å²) in [4.78, 5) is 11.8. The van der Waals surface area contributed by atoms with Crippen molar-refractivity contribution in [1.29, 1.82) is 0 Å². The third-order valence-electron chi connectivity index (χ3n) is 2.68. The zero-order valence-corrected chi connectivity index (χ0v) is 11.6. The lowest BCUT2D eigenvalue weighted by Crippen LogP contribution is -2.25. The van der Waals surface area contributed by atoms with Crippen molar-refractivity contribution in [2.24, 2.45) is 7.05 Å². The average molecular weight is 308 g/mol. The number of halogens is 1. The van der Waals surface area contributed by atoms with Crippen molar-refractivity contribution in [3.05, 3.63) is 53.3 Å². The van der Waals surface area contributed by atoms with Gasteiger partial charge in [-0.1, -0.05) is 40.2 Å². The van der Waals surface area contributed by atoms with Crippen LogP contribution in [-0.2, 0) is 18.9 Å². The standard InChI is InChI=1S/C13H14BrN3O/c1-17-12(6-7-16-17)13(18)15-9-11-4-2-10(8-14)3-5-11/h2-7H,8-9H2,1H3,(H,15,18). The van der Waals surface area contributed by atoms with Crippen LogP contribution in [0.2, 0.25) is 0 Å². The maximum Gasteiger partial charge on any atom is 0.269 e. The number of alkyl halides is 1. The quantitative estimate of drug-likeness (QED) is 0.881. The van der Waals surface area contributed by atoms with Crippen LogP contribution in [0.1, 0.15) is 21.6 Å². The Bertz CT molecular complexity index is 533. The van der Waals surface area contributed by atoms with Gasteiger partial charge in [0.05, 0.1) is 0 Å². The van der Waals surface area contributed by atoms with Crippen molar-refractivity contribution in [2.45, 2.75) is 11.9 Å². The third kappa shape index (κ3) is 2.98. The highest BCUT2D eigenvalue weighted by molar-refractivity contribution is 9.08. The van der Waals surface area contributed by atoms with Gasteiger partial charge in [-0.25, -0.2) is 0 Å². The number of nitrogens with zero attached hydrogens (tertiary/aromatic N) is 2. The van der Waals surface area contributed by atoms with E-state index in [1.165, 1.54) is 5.56 Å². The molecule has 1 amide bonds. The molecule has 0 aliphatic rings. The normalized spacial score (nSPS) is 10.3. The summed E-state index contributed by atoms with van der Waals surface area (Å²) in [5.74, 6) is -0.112. The Morgan fingerprint density at radius 3 is 2.50 bits per heavy atom. The number of rotatable bonds is 4. The molecule has 0 aliphatic heterocycles. The zero-order valence-electron chi connectivity index (χ0n) is 10.1. The first kappa shape index (κ1) is 12.8. The van der Waals surface area contributed by atoms with Gasteiger partial charge in [-0.05, 0) is 17.2 Å². The maximum absolute atomic E-state index is 11.8. The molecule has 0 radical (unpaired) electrons. The smallest absolute Gasteiger partial charge is 0.269 e. The minimum absolute atomic E-state index is 0.112. The molecule has 2 rings (SSSR count). The van der Waals surface area contributed by atoms with E-state index in [0.29, 0.717) is 12.2 Å². The van der Waals surface area contributed by atoms with E-state index in [4.69, 9.17) is 0 Å². The van der Waals surface area contributed by atoms with E-state index >= 15 is 0 Å². The fraction of sp³-hybridized carbons (Fsp3) is 0.231. The van der Waals surface area contributed by atoms with Crippen molar-refractivity contribution in [1.82, 2.24) is 15.1 Å². The summed E-state index contributed by atoms with van der Waals surface area (Å²) >= 11 is 3.40. The molecular weight excluding hydrogens is 294 g/mol. The highest BCUT2D eigenvalue weighted by Gasteiger charge is 2.08. The van der Waals surface area contributed by atoms with Crippen LogP contribution >= 0.6 is 15.9 Å². The number of carbonyl (C=O) groups is 1. The van der Waals surface area contributed by atoms with Gasteiger partial charge in [-0.3, -0.25) is 9.48 Å². The van der Waals surface area contributed by atoms with Crippen molar-refractivity contribution < 1.29 is 4.79 Å². The van der Waals surface area contributed by atoms with Crippen LogP contribution in [0.5, 0.6) is 0 Å². The Hall–Kier alpha value is -1.62. The molecule has 1 N–H and O–H groups in total. The van der Waals surface area contributed by atoms with Crippen LogP contribution in [0, 0.1) is 0 Å². The second-order valence-electron chi connectivity index (χ2n) is 3.97. The molecule has 0 fully saturated rings. The van der Waals surface area contributed by atoms with Crippen LogP contribution in [0.4, 0.5) is 0 Å². The molecule has 0 saturated carbocycles. The van der Waals surface area contributed by atoms with Gasteiger partial charge in [0.25, 0.3) is 5.91 Å². The topological polar surface area (TPSA) is 46.9 Å². The Labute approximate surface area is 114 Å². The average Bonchev–Trinajstić information content (AvgIpc) is 2.83. The minimum atomic E-state index is -0.112. The first-order valence-electron chi connectivity index (χ1n) is 5.60. The van der Waals surface area contributed by atoms with Crippen molar-refractivity contribution in [3.8, 4) is 0 Å². The molecule has 4 nitrogen and oxygen atoms in total. The number of aryl methyl sites for hydroxylation is 1. The van der Waals surface area contributed by atoms with Gasteiger partial charge >= 0.3 is 0 Å². The first-order valence-corrected chi connectivity index (χ1v) is 6.73. The molecule has 0 unspecified atom stereocenters. The van der Waals surface area contributed by atoms with Crippen LogP contribution < -0.4 is 5.32 Å². The molecule has 0 atom stereocenters. The van der Waals surface area contributed by atoms with Crippen LogP contribution in [0.3, 0.4) is 0 Å². The molecule has 2 aromatic rings. The van der Waals surface area contributed by atoms with Crippen LogP contribution in [0.15, 0.2) is 36.5 Å². The Kier molecular flexibility index (Phi) is 4.15. The number of nitrogens with one attached hydrogen (secondary N) is 1. The predicted octanol–water partition coefficient (Wildman–Crippen LogP) is 2.25. The summed E-state index contributed by atoms with van der Waals surface area (Å²) in [6, 6.07) is 9.81. The van der Waals surface area contributed by atoms with E-state index in [1.807, 2.05) is 24.3 Å². The van der Waals surface area contributed by atoms with E-state index < -0.39 is 0 Å². The summed E-state index contributed by atoms with van der Waals surface area (Å²) in [7, 11) is 1.75. The molecule has 1 aromatic heterocycles. The number of amides is 1. The lowest BCUT2D eigenvalue weighted by molar-refractivity contribution is 0.0941. The summed E-state index contributed by atoms with van der Waals surface area (Å²) in [6.45, 7) is 0.520. The van der Waals surface area contributed by atoms with Gasteiger partial charge < -0.3 is 5.32 Å². The first-order chi connectivity index (χ1) is 8.70. The molecule has 5 heteroatoms. The van der Waals surface area contributed by atoms with E-state index in [2.05, 4.69) is 26.3 Å². The molecule has 0 saturated heterocycles. The van der Waals surface area contributed by atoms with Gasteiger partial charge in [0, 0.05) is 25.1 Å². The van der Waals surface area contributed by atoms with Crippen LogP contribution in [-0.4, -0.2) is 15.7 Å². The Morgan fingerprint density at radius 1 is 1.28 bits per heavy atom. The SMILES string of the molecule is Cn1nccc1C(=O)NCc1ccc(CBr)cc1. The summed E-state index contributed by atoms with van der Waals surface area (Å²) in [5, 5.41) is 7.68. The maximum atomic E-state index is 11.8. The third-order valence-corrected chi connectivity index (χ3v) is 3.33. The molecular formula is C13H14BrN3O. The number of carbonyl (C=O) groups excluding carboxylic acids is 1. The number of aromatic nitrogens is 2. The molecule has 0 aliphatic carbocycles. The molecule has 94 valence electrons. The summed E-state index contributed by atoms with van der Waals surface area (Å²) in [5.41, 5.74) is 2.86. The fourth-order valence-corrected chi connectivity index (χ4v) is 1.99.